The quantitative estimate of drug-likeness (QED) is 0.535. The smallest absolute Gasteiger partial charge is 0.323 e. The van der Waals surface area contributed by atoms with E-state index < -0.39 is 0 Å². The Morgan fingerprint density at radius 3 is 2.33 bits per heavy atom. The van der Waals surface area contributed by atoms with Crippen LogP contribution in [0, 0.1) is 0 Å². The van der Waals surface area contributed by atoms with Gasteiger partial charge >= 0.3 is 6.01 Å². The molecule has 1 heterocycles. The van der Waals surface area contributed by atoms with E-state index in [-0.39, 0.29) is 18.2 Å². The van der Waals surface area contributed by atoms with Crippen molar-refractivity contribution in [3.63, 3.8) is 0 Å². The maximum Gasteiger partial charge on any atom is 0.323 e. The topological polar surface area (TPSA) is 92.4 Å². The van der Waals surface area contributed by atoms with Gasteiger partial charge in [0, 0.05) is 19.1 Å². The van der Waals surface area contributed by atoms with Crippen LogP contribution in [-0.2, 0) is 0 Å². The fourth-order valence-electron chi connectivity index (χ4n) is 2.08. The van der Waals surface area contributed by atoms with E-state index >= 15 is 0 Å². The minimum atomic E-state index is -0.0138. The molecule has 1 rings (SSSR count). The first-order valence-electron chi connectivity index (χ1n) is 7.18. The molecule has 8 nitrogen and oxygen atoms in total. The number of nitrogens with two attached hydrogens (primary N) is 1. The summed E-state index contributed by atoms with van der Waals surface area (Å²) in [5.41, 5.74) is 2.46. The fraction of sp³-hybridized carbons (Fsp3) is 0.769. The zero-order valence-electron chi connectivity index (χ0n) is 13.8. The van der Waals surface area contributed by atoms with E-state index in [0.717, 1.165) is 13.1 Å². The molecule has 1 unspecified atom stereocenters. The Hall–Kier alpha value is -1.67. The van der Waals surface area contributed by atoms with E-state index in [9.17, 15) is 0 Å². The molecule has 0 amide bonds. The summed E-state index contributed by atoms with van der Waals surface area (Å²) < 4.78 is 5.56. The van der Waals surface area contributed by atoms with Gasteiger partial charge in [0.25, 0.3) is 0 Å². The van der Waals surface area contributed by atoms with Gasteiger partial charge in [0.1, 0.15) is 0 Å². The lowest BCUT2D eigenvalue weighted by atomic mass is 10.3. The number of ether oxygens (including phenoxy) is 1. The van der Waals surface area contributed by atoms with Crippen LogP contribution in [0.5, 0.6) is 6.01 Å². The van der Waals surface area contributed by atoms with Crippen LogP contribution in [0.15, 0.2) is 0 Å². The maximum atomic E-state index is 5.56. The lowest BCUT2D eigenvalue weighted by molar-refractivity contribution is 0.222. The summed E-state index contributed by atoms with van der Waals surface area (Å²) in [5, 5.41) is 0. The molecule has 0 aliphatic heterocycles. The molecule has 0 radical (unpaired) electrons. The highest BCUT2D eigenvalue weighted by molar-refractivity contribution is 5.38. The number of hydrazine groups is 1. The first-order valence-corrected chi connectivity index (χ1v) is 7.18. The standard InChI is InChI=1S/C13H27N7O/c1-7-20(10(4)8-19(5)6)12-15-11(18-14)16-13(17-12)21-9(2)3/h9-10H,7-8,14H2,1-6H3,(H,15,16,17,18). The molecule has 0 spiro atoms. The van der Waals surface area contributed by atoms with Crippen molar-refractivity contribution in [2.45, 2.75) is 39.8 Å². The summed E-state index contributed by atoms with van der Waals surface area (Å²) in [6, 6.07) is 0.531. The largest absolute Gasteiger partial charge is 0.461 e. The number of anilines is 2. The highest BCUT2D eigenvalue weighted by Crippen LogP contribution is 2.17. The number of hydrogen-bond donors (Lipinski definition) is 2. The van der Waals surface area contributed by atoms with Gasteiger partial charge in [-0.05, 0) is 41.8 Å². The summed E-state index contributed by atoms with van der Waals surface area (Å²) in [5.74, 6) is 6.29. The van der Waals surface area contributed by atoms with Crippen LogP contribution >= 0.6 is 0 Å². The Balaban J connectivity index is 3.06. The van der Waals surface area contributed by atoms with Gasteiger partial charge in [-0.3, -0.25) is 5.43 Å². The van der Waals surface area contributed by atoms with Crippen molar-refractivity contribution in [3.8, 4) is 6.01 Å². The van der Waals surface area contributed by atoms with Crippen LogP contribution in [-0.4, -0.2) is 59.2 Å². The number of nitrogens with zero attached hydrogens (tertiary/aromatic N) is 5. The average molecular weight is 297 g/mol. The van der Waals surface area contributed by atoms with Crippen molar-refractivity contribution in [3.05, 3.63) is 0 Å². The van der Waals surface area contributed by atoms with E-state index in [1.54, 1.807) is 0 Å². The van der Waals surface area contributed by atoms with Crippen LogP contribution in [0.1, 0.15) is 27.7 Å². The molecular formula is C13H27N7O. The average Bonchev–Trinajstić information content (AvgIpc) is 2.37. The molecule has 1 aromatic heterocycles. The van der Waals surface area contributed by atoms with Crippen molar-refractivity contribution in [2.24, 2.45) is 5.84 Å². The van der Waals surface area contributed by atoms with E-state index in [1.807, 2.05) is 27.9 Å². The second-order valence-corrected chi connectivity index (χ2v) is 5.45. The second-order valence-electron chi connectivity index (χ2n) is 5.45. The third-order valence-electron chi connectivity index (χ3n) is 2.83. The van der Waals surface area contributed by atoms with Crippen LogP contribution in [0.2, 0.25) is 0 Å². The number of nitrogen functional groups attached to an aromatic ring is 1. The molecule has 120 valence electrons. The van der Waals surface area contributed by atoms with Crippen molar-refractivity contribution < 1.29 is 4.74 Å². The molecule has 0 aromatic carbocycles. The molecule has 0 fully saturated rings. The fourth-order valence-corrected chi connectivity index (χ4v) is 2.08. The monoisotopic (exact) mass is 297 g/mol. The highest BCUT2D eigenvalue weighted by atomic mass is 16.5. The summed E-state index contributed by atoms with van der Waals surface area (Å²) >= 11 is 0. The molecule has 8 heteroatoms. The highest BCUT2D eigenvalue weighted by Gasteiger charge is 2.19. The Morgan fingerprint density at radius 2 is 1.86 bits per heavy atom. The van der Waals surface area contributed by atoms with Crippen molar-refractivity contribution in [1.82, 2.24) is 19.9 Å². The molecule has 3 N–H and O–H groups in total. The molecule has 0 bridgehead atoms. The zero-order valence-corrected chi connectivity index (χ0v) is 13.8. The summed E-state index contributed by atoms with van der Waals surface area (Å²) in [6.07, 6.45) is -0.0138. The number of likely N-dealkylation sites (N-methyl/N-ethyl adjacent to an activating group) is 2. The van der Waals surface area contributed by atoms with Gasteiger partial charge in [0.15, 0.2) is 0 Å². The predicted molar refractivity (Wildman–Crippen MR) is 84.4 cm³/mol. The van der Waals surface area contributed by atoms with Crippen molar-refractivity contribution in [2.75, 3.05) is 37.5 Å². The summed E-state index contributed by atoms with van der Waals surface area (Å²) in [6.45, 7) is 9.71. The molecule has 0 saturated carbocycles. The molecule has 1 atom stereocenters. The Kier molecular flexibility index (Phi) is 6.57. The second kappa shape index (κ2) is 7.94. The van der Waals surface area contributed by atoms with Gasteiger partial charge in [0.2, 0.25) is 11.9 Å². The van der Waals surface area contributed by atoms with Gasteiger partial charge in [0.05, 0.1) is 6.10 Å². The predicted octanol–water partition coefficient (Wildman–Crippen LogP) is 0.721. The lowest BCUT2D eigenvalue weighted by Gasteiger charge is -2.30. The molecule has 1 aromatic rings. The Bertz CT molecular complexity index is 439. The van der Waals surface area contributed by atoms with Crippen LogP contribution < -0.4 is 20.9 Å². The van der Waals surface area contributed by atoms with Crippen LogP contribution in [0.3, 0.4) is 0 Å². The van der Waals surface area contributed by atoms with Crippen molar-refractivity contribution >= 4 is 11.9 Å². The summed E-state index contributed by atoms with van der Waals surface area (Å²) in [7, 11) is 4.08. The Morgan fingerprint density at radius 1 is 1.19 bits per heavy atom. The van der Waals surface area contributed by atoms with E-state index in [0.29, 0.717) is 11.9 Å². The van der Waals surface area contributed by atoms with Crippen LogP contribution in [0.25, 0.3) is 0 Å². The van der Waals surface area contributed by atoms with Gasteiger partial charge < -0.3 is 14.5 Å². The summed E-state index contributed by atoms with van der Waals surface area (Å²) in [4.78, 5) is 17.0. The Labute approximate surface area is 126 Å². The third kappa shape index (κ3) is 5.31. The number of nitrogens with one attached hydrogen (secondary N) is 1. The van der Waals surface area contributed by atoms with E-state index in [4.69, 9.17) is 10.6 Å². The van der Waals surface area contributed by atoms with E-state index in [1.165, 1.54) is 0 Å². The molecule has 0 aliphatic rings. The number of hydrogen-bond acceptors (Lipinski definition) is 8. The third-order valence-corrected chi connectivity index (χ3v) is 2.83. The molecule has 0 aliphatic carbocycles. The van der Waals surface area contributed by atoms with Crippen LogP contribution in [0.4, 0.5) is 11.9 Å². The lowest BCUT2D eigenvalue weighted by Crippen LogP contribution is -2.41. The first kappa shape index (κ1) is 17.4. The molecular weight excluding hydrogens is 270 g/mol. The van der Waals surface area contributed by atoms with Gasteiger partial charge in [-0.15, -0.1) is 0 Å². The number of rotatable bonds is 8. The van der Waals surface area contributed by atoms with Gasteiger partial charge in [-0.1, -0.05) is 0 Å². The minimum absolute atomic E-state index is 0.0138. The molecule has 0 saturated heterocycles. The van der Waals surface area contributed by atoms with Gasteiger partial charge in [-0.2, -0.15) is 15.0 Å². The van der Waals surface area contributed by atoms with Crippen molar-refractivity contribution in [1.29, 1.82) is 0 Å². The molecule has 21 heavy (non-hydrogen) atoms. The zero-order chi connectivity index (χ0) is 16.0. The minimum Gasteiger partial charge on any atom is -0.461 e. The van der Waals surface area contributed by atoms with E-state index in [2.05, 4.69) is 44.0 Å². The van der Waals surface area contributed by atoms with Gasteiger partial charge in [-0.25, -0.2) is 5.84 Å². The normalized spacial score (nSPS) is 12.6. The SMILES string of the molecule is CCN(c1nc(NN)nc(OC(C)C)n1)C(C)CN(C)C. The maximum absolute atomic E-state index is 5.56. The number of aromatic nitrogens is 3. The first-order chi connectivity index (χ1) is 9.87.